The summed E-state index contributed by atoms with van der Waals surface area (Å²) in [5.41, 5.74) is 1.62. The number of aromatic nitrogens is 3. The molecule has 16 nitrogen and oxygen atoms in total. The number of halogens is 1. The number of cyclic esters (lactones) is 1. The number of epoxide rings is 1. The Morgan fingerprint density at radius 3 is 2.42 bits per heavy atom. The third-order valence-electron chi connectivity index (χ3n) is 11.2. The highest BCUT2D eigenvalue weighted by Crippen LogP contribution is 2.45. The largest absolute Gasteiger partial charge is 0.495 e. The Morgan fingerprint density at radius 2 is 1.76 bits per heavy atom. The quantitative estimate of drug-likeness (QED) is 0.0946. The fourth-order valence-electron chi connectivity index (χ4n) is 7.07. The van der Waals surface area contributed by atoms with Crippen molar-refractivity contribution in [3.63, 3.8) is 0 Å². The summed E-state index contributed by atoms with van der Waals surface area (Å²) in [4.78, 5) is 66.1. The third kappa shape index (κ3) is 13.3. The van der Waals surface area contributed by atoms with Crippen molar-refractivity contribution < 1.29 is 48.0 Å². The summed E-state index contributed by atoms with van der Waals surface area (Å²) < 4.78 is 24.8. The van der Waals surface area contributed by atoms with E-state index in [1.807, 2.05) is 52.0 Å². The number of aliphatic carboxylic acids is 1. The molecule has 2 aliphatic rings. The molecule has 5 rings (SSSR count). The summed E-state index contributed by atoms with van der Waals surface area (Å²) in [5.74, 6) is -2.87. The molecule has 336 valence electrons. The van der Waals surface area contributed by atoms with Crippen LogP contribution in [0.25, 0.3) is 0 Å². The van der Waals surface area contributed by atoms with Crippen LogP contribution in [0.3, 0.4) is 0 Å². The first-order valence-corrected chi connectivity index (χ1v) is 21.2. The van der Waals surface area contributed by atoms with E-state index in [9.17, 15) is 24.0 Å². The van der Waals surface area contributed by atoms with Crippen molar-refractivity contribution in [2.45, 2.75) is 124 Å². The van der Waals surface area contributed by atoms with Gasteiger partial charge in [0.2, 0.25) is 17.7 Å². The predicted molar refractivity (Wildman–Crippen MR) is 229 cm³/mol. The van der Waals surface area contributed by atoms with E-state index in [4.69, 9.17) is 35.7 Å². The number of hydrogen-bond donors (Lipinski definition) is 4. The molecule has 2 aromatic carbocycles. The van der Waals surface area contributed by atoms with Gasteiger partial charge >= 0.3 is 11.9 Å². The van der Waals surface area contributed by atoms with Crippen LogP contribution in [0.4, 0.5) is 0 Å². The summed E-state index contributed by atoms with van der Waals surface area (Å²) in [6.45, 7) is 13.6. The molecule has 3 aromatic rings. The maximum Gasteiger partial charge on any atom is 0.328 e. The van der Waals surface area contributed by atoms with Gasteiger partial charge in [-0.1, -0.05) is 80.9 Å². The second-order valence-corrected chi connectivity index (χ2v) is 18.2. The Hall–Kier alpha value is -5.32. The van der Waals surface area contributed by atoms with E-state index < -0.39 is 59.3 Å². The Balaban J connectivity index is 1.33. The lowest BCUT2D eigenvalue weighted by Crippen LogP contribution is -2.58. The van der Waals surface area contributed by atoms with Gasteiger partial charge in [-0.2, -0.15) is 0 Å². The highest BCUT2D eigenvalue weighted by Gasteiger charge is 2.48. The van der Waals surface area contributed by atoms with Gasteiger partial charge in [0, 0.05) is 24.8 Å². The van der Waals surface area contributed by atoms with Crippen LogP contribution in [0.5, 0.6) is 5.75 Å². The number of benzene rings is 2. The fourth-order valence-corrected chi connectivity index (χ4v) is 7.35. The number of carboxylic acid groups (broad SMARTS) is 1. The van der Waals surface area contributed by atoms with E-state index in [0.717, 1.165) is 11.1 Å². The molecule has 3 heterocycles. The first-order chi connectivity index (χ1) is 29.2. The van der Waals surface area contributed by atoms with Gasteiger partial charge in [-0.05, 0) is 67.5 Å². The van der Waals surface area contributed by atoms with Crippen molar-refractivity contribution in [1.29, 1.82) is 0 Å². The van der Waals surface area contributed by atoms with Gasteiger partial charge in [0.05, 0.1) is 56.0 Å². The number of nitrogens with zero attached hydrogens (tertiary/aromatic N) is 3. The van der Waals surface area contributed by atoms with Gasteiger partial charge < -0.3 is 40.0 Å². The molecule has 1 fully saturated rings. The highest BCUT2D eigenvalue weighted by atomic mass is 35.5. The number of hydrogen-bond acceptors (Lipinski definition) is 11. The summed E-state index contributed by atoms with van der Waals surface area (Å²) in [7, 11) is 1.50. The van der Waals surface area contributed by atoms with Crippen LogP contribution in [0.2, 0.25) is 5.02 Å². The molecule has 7 atom stereocenters. The summed E-state index contributed by atoms with van der Waals surface area (Å²) >= 11 is 6.39. The van der Waals surface area contributed by atoms with Crippen LogP contribution in [-0.4, -0.2) is 93.8 Å². The zero-order valence-corrected chi connectivity index (χ0v) is 37.4. The number of carbonyl (C=O) groups excluding carboxylic acids is 4. The first-order valence-electron chi connectivity index (χ1n) is 20.8. The highest BCUT2D eigenvalue weighted by molar-refractivity contribution is 6.32. The zero-order valence-electron chi connectivity index (χ0n) is 36.6. The Bertz CT molecular complexity index is 2100. The smallest absolute Gasteiger partial charge is 0.328 e. The van der Waals surface area contributed by atoms with Crippen LogP contribution in [0.15, 0.2) is 60.8 Å². The van der Waals surface area contributed by atoms with E-state index in [1.165, 1.54) is 13.2 Å². The monoisotopic (exact) mass is 878 g/mol. The predicted octanol–water partition coefficient (Wildman–Crippen LogP) is 5.11. The summed E-state index contributed by atoms with van der Waals surface area (Å²) in [6, 6.07) is 10.3. The lowest BCUT2D eigenvalue weighted by atomic mass is 9.82. The van der Waals surface area contributed by atoms with Gasteiger partial charge in [0.1, 0.15) is 35.7 Å². The molecule has 0 aliphatic carbocycles. The average molecular weight is 879 g/mol. The molecule has 0 saturated carbocycles. The molecule has 0 bridgehead atoms. The van der Waals surface area contributed by atoms with Crippen molar-refractivity contribution in [1.82, 2.24) is 30.9 Å². The van der Waals surface area contributed by atoms with Gasteiger partial charge in [-0.3, -0.25) is 19.2 Å². The Morgan fingerprint density at radius 1 is 1.05 bits per heavy atom. The molecular weight excluding hydrogens is 820 g/mol. The molecule has 3 amide bonds. The molecule has 2 aliphatic heterocycles. The number of esters is 1. The number of rotatable bonds is 14. The van der Waals surface area contributed by atoms with Crippen molar-refractivity contribution >= 4 is 41.3 Å². The van der Waals surface area contributed by atoms with Crippen LogP contribution < -0.4 is 20.7 Å². The minimum absolute atomic E-state index is 0.0856. The van der Waals surface area contributed by atoms with E-state index in [2.05, 4.69) is 26.3 Å². The van der Waals surface area contributed by atoms with Crippen molar-refractivity contribution in [2.75, 3.05) is 13.7 Å². The van der Waals surface area contributed by atoms with Crippen molar-refractivity contribution in [2.24, 2.45) is 16.7 Å². The van der Waals surface area contributed by atoms with Gasteiger partial charge in [-0.25, -0.2) is 9.48 Å². The Labute approximate surface area is 367 Å². The van der Waals surface area contributed by atoms with Gasteiger partial charge in [0.25, 0.3) is 0 Å². The molecule has 62 heavy (non-hydrogen) atoms. The van der Waals surface area contributed by atoms with E-state index >= 15 is 0 Å². The number of carboxylic acids is 1. The number of methoxy groups -OCH3 is 1. The molecule has 0 radical (unpaired) electrons. The first kappa shape index (κ1) is 47.7. The molecule has 0 unspecified atom stereocenters. The minimum Gasteiger partial charge on any atom is -0.495 e. The number of ether oxygens (including phenoxy) is 4. The molecule has 1 saturated heterocycles. The second kappa shape index (κ2) is 20.7. The second-order valence-electron chi connectivity index (χ2n) is 17.8. The normalized spacial score (nSPS) is 24.5. The fraction of sp³-hybridized carbons (Fsp3) is 0.533. The zero-order chi connectivity index (χ0) is 45.4. The Kier molecular flexibility index (Phi) is 15.9. The molecular formula is C45H59ClN6O10. The third-order valence-corrected chi connectivity index (χ3v) is 11.5. The van der Waals surface area contributed by atoms with Gasteiger partial charge in [0.15, 0.2) is 0 Å². The van der Waals surface area contributed by atoms with Gasteiger partial charge in [-0.15, -0.1) is 5.10 Å². The maximum absolute atomic E-state index is 14.1. The maximum atomic E-state index is 14.1. The topological polar surface area (TPSA) is 213 Å². The van der Waals surface area contributed by atoms with E-state index in [-0.39, 0.29) is 62.4 Å². The van der Waals surface area contributed by atoms with Crippen LogP contribution in [0, 0.1) is 16.7 Å². The van der Waals surface area contributed by atoms with Crippen LogP contribution >= 0.6 is 11.6 Å². The molecule has 0 spiro atoms. The van der Waals surface area contributed by atoms with Crippen LogP contribution in [-0.2, 0) is 57.8 Å². The standard InChI is InChI=1S/C45H59ClN6O10/c1-26(39-40(62-39)30-15-12-28(13-16-30)23-52-24-31(50-51-52)25-60-19-18-38(54)55)35-10-9-11-37(53)48-33(21-29-14-17-36(59-8)32(46)20-29)41(56)47-27(2)45(6,7)43(58)49-34(42(57)61-35)22-44(3,4)5/h9,11-17,20,24,26-27,33-35,39-40H,10,18-19,21-23,25H2,1-8H3,(H,47,56)(H,48,53)(H,49,58)(H,54,55)/b11-9+/t26-,27-,33+,34-,35-,39+,40+/m0/s1. The number of amides is 3. The van der Waals surface area contributed by atoms with Crippen LogP contribution in [0.1, 0.15) is 96.2 Å². The lowest BCUT2D eigenvalue weighted by molar-refractivity contribution is -0.157. The molecule has 1 aromatic heterocycles. The van der Waals surface area contributed by atoms with Crippen molar-refractivity contribution in [3.8, 4) is 5.75 Å². The minimum atomic E-state index is -1.18. The van der Waals surface area contributed by atoms with Crippen molar-refractivity contribution in [3.05, 3.63) is 88.2 Å². The SMILES string of the molecule is COc1ccc(C[C@H]2NC(=O)/C=C/C[C@@H]([C@H](C)[C@H]3O[C@@H]3c3ccc(Cn4cc(COCCC(=O)O)nn4)cc3)OC(=O)[C@H](CC(C)(C)C)NC(=O)C(C)(C)[C@H](C)NC2=O)cc1Cl. The average Bonchev–Trinajstić information content (AvgIpc) is 3.88. The number of nitrogens with one attached hydrogen (secondary N) is 3. The molecule has 4 N–H and O–H groups in total. The number of carbonyl (C=O) groups is 5. The van der Waals surface area contributed by atoms with E-state index in [1.54, 1.807) is 55.9 Å². The summed E-state index contributed by atoms with van der Waals surface area (Å²) in [6.07, 6.45) is 3.82. The molecule has 17 heteroatoms. The van der Waals surface area contributed by atoms with E-state index in [0.29, 0.717) is 28.6 Å². The summed E-state index contributed by atoms with van der Waals surface area (Å²) in [5, 5.41) is 26.1. The lowest BCUT2D eigenvalue weighted by Gasteiger charge is -2.35.